The van der Waals surface area contributed by atoms with E-state index in [2.05, 4.69) is 51.2 Å². The van der Waals surface area contributed by atoms with E-state index in [0.717, 1.165) is 23.5 Å². The van der Waals surface area contributed by atoms with Crippen molar-refractivity contribution in [3.63, 3.8) is 0 Å². The average molecular weight is 394 g/mol. The molecule has 2 N–H and O–H groups in total. The van der Waals surface area contributed by atoms with Crippen molar-refractivity contribution in [1.29, 1.82) is 0 Å². The number of carboxylic acids is 1. The molecule has 4 heteroatoms. The minimum Gasteiger partial charge on any atom is -0.489 e. The van der Waals surface area contributed by atoms with Gasteiger partial charge < -0.3 is 15.2 Å². The number of aromatic carboxylic acids is 1. The number of nitrogens with one attached hydrogen (secondary N) is 1. The lowest BCUT2D eigenvalue weighted by Gasteiger charge is -2.34. The van der Waals surface area contributed by atoms with Gasteiger partial charge in [0.05, 0.1) is 17.4 Å². The molecule has 29 heavy (non-hydrogen) atoms. The van der Waals surface area contributed by atoms with Crippen molar-refractivity contribution in [2.45, 2.75) is 59.5 Å². The van der Waals surface area contributed by atoms with Crippen molar-refractivity contribution in [1.82, 2.24) is 0 Å². The Bertz CT molecular complexity index is 937. The molecule has 0 atom stereocenters. The van der Waals surface area contributed by atoms with E-state index in [1.165, 1.54) is 16.7 Å². The third-order valence-corrected chi connectivity index (χ3v) is 5.39. The first-order valence-electron chi connectivity index (χ1n) is 10.2. The highest BCUT2D eigenvalue weighted by Crippen LogP contribution is 2.46. The summed E-state index contributed by atoms with van der Waals surface area (Å²) in [6.45, 7) is 13.0. The van der Waals surface area contributed by atoms with E-state index in [4.69, 9.17) is 9.84 Å². The number of ether oxygens (including phenoxy) is 1. The van der Waals surface area contributed by atoms with Gasteiger partial charge in [-0.2, -0.15) is 0 Å². The minimum absolute atomic E-state index is 0.0461. The Hall–Kier alpha value is -2.75. The van der Waals surface area contributed by atoms with Gasteiger partial charge in [-0.25, -0.2) is 4.79 Å². The first kappa shape index (κ1) is 21.0. The van der Waals surface area contributed by atoms with Crippen LogP contribution in [0.25, 0.3) is 5.57 Å². The van der Waals surface area contributed by atoms with Crippen molar-refractivity contribution >= 4 is 22.9 Å². The third kappa shape index (κ3) is 4.47. The van der Waals surface area contributed by atoms with Crippen molar-refractivity contribution in [3.8, 4) is 5.75 Å². The summed E-state index contributed by atoms with van der Waals surface area (Å²) in [4.78, 5) is 11.1. The Morgan fingerprint density at radius 1 is 1.10 bits per heavy atom. The molecule has 0 aromatic heterocycles. The molecule has 0 aliphatic heterocycles. The number of hydrogen-bond acceptors (Lipinski definition) is 3. The predicted molar refractivity (Wildman–Crippen MR) is 119 cm³/mol. The van der Waals surface area contributed by atoms with E-state index in [-0.39, 0.29) is 17.1 Å². The average Bonchev–Trinajstić information content (AvgIpc) is 2.62. The van der Waals surface area contributed by atoms with Gasteiger partial charge in [0.15, 0.2) is 0 Å². The molecule has 0 unspecified atom stereocenters. The van der Waals surface area contributed by atoms with Crippen LogP contribution in [0.3, 0.4) is 0 Å². The molecule has 0 saturated carbocycles. The van der Waals surface area contributed by atoms with Crippen LogP contribution in [0, 0.1) is 5.92 Å². The van der Waals surface area contributed by atoms with E-state index < -0.39 is 5.97 Å². The van der Waals surface area contributed by atoms with Gasteiger partial charge >= 0.3 is 5.97 Å². The minimum atomic E-state index is -0.928. The maximum atomic E-state index is 11.1. The van der Waals surface area contributed by atoms with Crippen LogP contribution < -0.4 is 10.1 Å². The van der Waals surface area contributed by atoms with Gasteiger partial charge in [0, 0.05) is 5.69 Å². The summed E-state index contributed by atoms with van der Waals surface area (Å²) in [5, 5.41) is 12.6. The lowest BCUT2D eigenvalue weighted by atomic mass is 9.71. The molecule has 154 valence electrons. The topological polar surface area (TPSA) is 58.6 Å². The van der Waals surface area contributed by atoms with Crippen LogP contribution in [0.15, 0.2) is 42.5 Å². The zero-order valence-corrected chi connectivity index (χ0v) is 18.2. The number of anilines is 2. The van der Waals surface area contributed by atoms with Crippen LogP contribution in [-0.2, 0) is 5.41 Å². The quantitative estimate of drug-likeness (QED) is 0.578. The fourth-order valence-electron chi connectivity index (χ4n) is 3.81. The lowest BCUT2D eigenvalue weighted by Crippen LogP contribution is -2.23. The lowest BCUT2D eigenvalue weighted by molar-refractivity contribution is 0.0697. The van der Waals surface area contributed by atoms with Crippen molar-refractivity contribution < 1.29 is 14.6 Å². The van der Waals surface area contributed by atoms with Gasteiger partial charge in [0.25, 0.3) is 0 Å². The molecule has 3 rings (SSSR count). The van der Waals surface area contributed by atoms with Crippen LogP contribution in [-0.4, -0.2) is 17.2 Å². The molecule has 0 spiro atoms. The van der Waals surface area contributed by atoms with E-state index in [1.807, 2.05) is 13.8 Å². The monoisotopic (exact) mass is 393 g/mol. The van der Waals surface area contributed by atoms with Crippen LogP contribution in [0.2, 0.25) is 0 Å². The predicted octanol–water partition coefficient (Wildman–Crippen LogP) is 6.64. The molecular formula is C25H31NO3. The molecule has 0 amide bonds. The first-order valence-corrected chi connectivity index (χ1v) is 10.2. The van der Waals surface area contributed by atoms with Gasteiger partial charge in [-0.3, -0.25) is 0 Å². The van der Waals surface area contributed by atoms with E-state index in [9.17, 15) is 4.79 Å². The SMILES string of the molecule is CC(C)Oc1cc2c(cc1Nc1ccc(C(=O)O)cc1)C(C(C)C)=CCC2(C)C. The summed E-state index contributed by atoms with van der Waals surface area (Å²) in [6.07, 6.45) is 3.43. The van der Waals surface area contributed by atoms with Crippen molar-refractivity contribution in [3.05, 3.63) is 59.2 Å². The summed E-state index contributed by atoms with van der Waals surface area (Å²) in [6, 6.07) is 11.1. The summed E-state index contributed by atoms with van der Waals surface area (Å²) < 4.78 is 6.16. The summed E-state index contributed by atoms with van der Waals surface area (Å²) in [5.41, 5.74) is 5.97. The zero-order chi connectivity index (χ0) is 21.3. The van der Waals surface area contributed by atoms with Crippen LogP contribution in [0.1, 0.15) is 69.4 Å². The highest BCUT2D eigenvalue weighted by molar-refractivity contribution is 5.88. The highest BCUT2D eigenvalue weighted by Gasteiger charge is 2.30. The van der Waals surface area contributed by atoms with Crippen molar-refractivity contribution in [2.24, 2.45) is 5.92 Å². The first-order chi connectivity index (χ1) is 13.6. The molecule has 0 bridgehead atoms. The number of fused-ring (bicyclic) bond motifs is 1. The Labute approximate surface area is 173 Å². The molecule has 0 saturated heterocycles. The summed E-state index contributed by atoms with van der Waals surface area (Å²) >= 11 is 0. The molecular weight excluding hydrogens is 362 g/mol. The Kier molecular flexibility index (Phi) is 5.74. The smallest absolute Gasteiger partial charge is 0.335 e. The van der Waals surface area contributed by atoms with Gasteiger partial charge in [-0.15, -0.1) is 0 Å². The van der Waals surface area contributed by atoms with E-state index in [1.54, 1.807) is 24.3 Å². The van der Waals surface area contributed by atoms with Crippen LogP contribution in [0.4, 0.5) is 11.4 Å². The molecule has 4 nitrogen and oxygen atoms in total. The second-order valence-electron chi connectivity index (χ2n) is 8.97. The number of benzene rings is 2. The highest BCUT2D eigenvalue weighted by atomic mass is 16.5. The van der Waals surface area contributed by atoms with Crippen LogP contribution in [0.5, 0.6) is 5.75 Å². The Morgan fingerprint density at radius 3 is 2.31 bits per heavy atom. The molecule has 2 aromatic carbocycles. The summed E-state index contributed by atoms with van der Waals surface area (Å²) in [5.74, 6) is 0.326. The Morgan fingerprint density at radius 2 is 1.76 bits per heavy atom. The van der Waals surface area contributed by atoms with Crippen LogP contribution >= 0.6 is 0 Å². The standard InChI is InChI=1S/C25H31NO3/c1-15(2)19-11-12-25(5,6)21-14-23(29-16(3)4)22(13-20(19)21)26-18-9-7-17(8-10-18)24(27)28/h7-11,13-16,26H,12H2,1-6H3,(H,27,28). The number of carbonyl (C=O) groups is 1. The third-order valence-electron chi connectivity index (χ3n) is 5.39. The number of allylic oxidation sites excluding steroid dienone is 2. The van der Waals surface area contributed by atoms with E-state index >= 15 is 0 Å². The molecule has 0 heterocycles. The zero-order valence-electron chi connectivity index (χ0n) is 18.2. The Balaban J connectivity index is 2.09. The fourth-order valence-corrected chi connectivity index (χ4v) is 3.81. The molecule has 1 aliphatic rings. The summed E-state index contributed by atoms with van der Waals surface area (Å²) in [7, 11) is 0. The van der Waals surface area contributed by atoms with Gasteiger partial charge in [-0.05, 0) is 84.7 Å². The van der Waals surface area contributed by atoms with Crippen molar-refractivity contribution in [2.75, 3.05) is 5.32 Å². The number of rotatable bonds is 6. The van der Waals surface area contributed by atoms with E-state index in [0.29, 0.717) is 5.92 Å². The van der Waals surface area contributed by atoms with Gasteiger partial charge in [-0.1, -0.05) is 33.8 Å². The second kappa shape index (κ2) is 7.94. The number of hydrogen-bond donors (Lipinski definition) is 2. The molecule has 0 radical (unpaired) electrons. The fraction of sp³-hybridized carbons (Fsp3) is 0.400. The maximum absolute atomic E-state index is 11.1. The molecule has 2 aromatic rings. The molecule has 0 fully saturated rings. The normalized spacial score (nSPS) is 15.1. The van der Waals surface area contributed by atoms with Gasteiger partial charge in [0.1, 0.15) is 5.75 Å². The molecule has 1 aliphatic carbocycles. The maximum Gasteiger partial charge on any atom is 0.335 e. The number of carboxylic acid groups (broad SMARTS) is 1. The largest absolute Gasteiger partial charge is 0.489 e. The second-order valence-corrected chi connectivity index (χ2v) is 8.97. The van der Waals surface area contributed by atoms with Gasteiger partial charge in [0.2, 0.25) is 0 Å².